The van der Waals surface area contributed by atoms with Crippen LogP contribution in [-0.2, 0) is 19.1 Å². The second-order valence-electron chi connectivity index (χ2n) is 8.20. The maximum atomic E-state index is 12.8. The van der Waals surface area contributed by atoms with Crippen LogP contribution in [0.2, 0.25) is 5.02 Å². The van der Waals surface area contributed by atoms with Gasteiger partial charge in [-0.05, 0) is 36.5 Å². The van der Waals surface area contributed by atoms with Gasteiger partial charge in [0, 0.05) is 23.7 Å². The summed E-state index contributed by atoms with van der Waals surface area (Å²) in [7, 11) is 0. The lowest BCUT2D eigenvalue weighted by atomic mass is 9.85. The minimum absolute atomic E-state index is 0.128. The van der Waals surface area contributed by atoms with E-state index in [0.29, 0.717) is 42.6 Å². The molecule has 2 heterocycles. The van der Waals surface area contributed by atoms with Gasteiger partial charge in [-0.15, -0.1) is 0 Å². The van der Waals surface area contributed by atoms with E-state index in [4.69, 9.17) is 21.1 Å². The molecule has 31 heavy (non-hydrogen) atoms. The van der Waals surface area contributed by atoms with E-state index in [9.17, 15) is 14.4 Å². The van der Waals surface area contributed by atoms with Gasteiger partial charge in [-0.25, -0.2) is 0 Å². The smallest absolute Gasteiger partial charge is 0.260 e. The summed E-state index contributed by atoms with van der Waals surface area (Å²) in [5.74, 6) is -0.601. The zero-order valence-electron chi connectivity index (χ0n) is 16.8. The van der Waals surface area contributed by atoms with Gasteiger partial charge in [0.15, 0.2) is 6.61 Å². The molecule has 0 radical (unpaired) electrons. The summed E-state index contributed by atoms with van der Waals surface area (Å²) in [4.78, 5) is 39.6. The number of carbonyl (C=O) groups excluding carboxylic acids is 3. The van der Waals surface area contributed by atoms with Crippen LogP contribution in [0.15, 0.2) is 35.5 Å². The van der Waals surface area contributed by atoms with E-state index in [-0.39, 0.29) is 48.0 Å². The number of ether oxygens (including phenoxy) is 2. The molecule has 9 heteroatoms. The molecule has 2 bridgehead atoms. The number of nitrogens with zero attached hydrogens (tertiary/aromatic N) is 3. The van der Waals surface area contributed by atoms with Gasteiger partial charge < -0.3 is 14.4 Å². The topological polar surface area (TPSA) is 88.5 Å². The Labute approximate surface area is 184 Å². The van der Waals surface area contributed by atoms with Gasteiger partial charge in [0.1, 0.15) is 5.75 Å². The number of hydrogen-bond donors (Lipinski definition) is 0. The maximum Gasteiger partial charge on any atom is 0.260 e. The lowest BCUT2D eigenvalue weighted by molar-refractivity contribution is -0.140. The first-order chi connectivity index (χ1) is 15.0. The number of benzene rings is 1. The summed E-state index contributed by atoms with van der Waals surface area (Å²) in [6.45, 7) is 1.97. The van der Waals surface area contributed by atoms with E-state index in [1.54, 1.807) is 23.1 Å². The molecular weight excluding hydrogens is 422 g/mol. The number of hydrogen-bond acceptors (Lipinski definition) is 6. The highest BCUT2D eigenvalue weighted by Crippen LogP contribution is 2.52. The van der Waals surface area contributed by atoms with Gasteiger partial charge in [-0.1, -0.05) is 23.8 Å². The van der Waals surface area contributed by atoms with E-state index >= 15 is 0 Å². The summed E-state index contributed by atoms with van der Waals surface area (Å²) < 4.78 is 11.0. The molecule has 3 fully saturated rings. The fourth-order valence-corrected chi connectivity index (χ4v) is 5.10. The molecule has 1 aromatic carbocycles. The van der Waals surface area contributed by atoms with Crippen molar-refractivity contribution in [3.8, 4) is 5.75 Å². The molecule has 5 rings (SSSR count). The van der Waals surface area contributed by atoms with Crippen LogP contribution in [0, 0.1) is 23.7 Å². The second-order valence-corrected chi connectivity index (χ2v) is 8.63. The van der Waals surface area contributed by atoms with Crippen molar-refractivity contribution in [2.45, 2.75) is 6.42 Å². The number of amides is 3. The van der Waals surface area contributed by atoms with Gasteiger partial charge in [0.2, 0.25) is 0 Å². The van der Waals surface area contributed by atoms with Crippen LogP contribution in [0.5, 0.6) is 5.75 Å². The van der Waals surface area contributed by atoms with E-state index in [1.165, 1.54) is 6.21 Å². The summed E-state index contributed by atoms with van der Waals surface area (Å²) in [6.07, 6.45) is 6.34. The molecule has 2 aliphatic heterocycles. The zero-order chi connectivity index (χ0) is 21.5. The molecule has 0 aromatic heterocycles. The van der Waals surface area contributed by atoms with Crippen molar-refractivity contribution in [2.24, 2.45) is 28.8 Å². The number of imide groups is 1. The molecule has 4 atom stereocenters. The normalized spacial score (nSPS) is 29.3. The van der Waals surface area contributed by atoms with Crippen LogP contribution in [0.25, 0.3) is 0 Å². The Kier molecular flexibility index (Phi) is 5.27. The summed E-state index contributed by atoms with van der Waals surface area (Å²) in [6, 6.07) is 4.91. The van der Waals surface area contributed by atoms with Crippen molar-refractivity contribution in [2.75, 3.05) is 32.9 Å². The number of rotatable bonds is 5. The molecular formula is C22H22ClN3O5. The average Bonchev–Trinajstić information content (AvgIpc) is 3.46. The van der Waals surface area contributed by atoms with Crippen molar-refractivity contribution in [1.82, 2.24) is 9.91 Å². The number of fused-ring (bicyclic) bond motifs is 5. The quantitative estimate of drug-likeness (QED) is 0.393. The Morgan fingerprint density at radius 1 is 1.16 bits per heavy atom. The lowest BCUT2D eigenvalue weighted by Gasteiger charge is -2.26. The fraction of sp³-hybridized carbons (Fsp3) is 0.455. The molecule has 1 aromatic rings. The third-order valence-electron chi connectivity index (χ3n) is 6.45. The molecule has 1 saturated carbocycles. The minimum Gasteiger partial charge on any atom is -0.483 e. The van der Waals surface area contributed by atoms with Crippen molar-refractivity contribution in [1.29, 1.82) is 0 Å². The van der Waals surface area contributed by atoms with Crippen molar-refractivity contribution in [3.63, 3.8) is 0 Å². The van der Waals surface area contributed by atoms with Crippen LogP contribution in [0.4, 0.5) is 0 Å². The van der Waals surface area contributed by atoms with E-state index in [0.717, 1.165) is 11.4 Å². The molecule has 2 saturated heterocycles. The molecule has 8 nitrogen and oxygen atoms in total. The van der Waals surface area contributed by atoms with Crippen molar-refractivity contribution >= 4 is 35.5 Å². The maximum absolute atomic E-state index is 12.8. The number of morpholine rings is 1. The largest absolute Gasteiger partial charge is 0.483 e. The third-order valence-corrected chi connectivity index (χ3v) is 6.68. The van der Waals surface area contributed by atoms with Gasteiger partial charge >= 0.3 is 0 Å². The van der Waals surface area contributed by atoms with Gasteiger partial charge in [0.05, 0.1) is 31.3 Å². The van der Waals surface area contributed by atoms with E-state index in [1.807, 2.05) is 12.2 Å². The summed E-state index contributed by atoms with van der Waals surface area (Å²) in [5.41, 5.74) is 0.487. The first kappa shape index (κ1) is 20.2. The number of carbonyl (C=O) groups is 3. The Morgan fingerprint density at radius 2 is 1.84 bits per heavy atom. The number of allylic oxidation sites excluding steroid dienone is 2. The monoisotopic (exact) mass is 443 g/mol. The van der Waals surface area contributed by atoms with Gasteiger partial charge in [-0.3, -0.25) is 14.4 Å². The van der Waals surface area contributed by atoms with Gasteiger partial charge in [0.25, 0.3) is 17.7 Å². The number of hydrazone groups is 1. The zero-order valence-corrected chi connectivity index (χ0v) is 17.5. The first-order valence-electron chi connectivity index (χ1n) is 10.4. The third kappa shape index (κ3) is 3.64. The predicted octanol–water partition coefficient (Wildman–Crippen LogP) is 1.72. The van der Waals surface area contributed by atoms with E-state index < -0.39 is 0 Å². The average molecular weight is 444 g/mol. The van der Waals surface area contributed by atoms with Crippen molar-refractivity contribution in [3.05, 3.63) is 40.9 Å². The highest BCUT2D eigenvalue weighted by Gasteiger charge is 2.59. The first-order valence-corrected chi connectivity index (χ1v) is 10.8. The van der Waals surface area contributed by atoms with Crippen LogP contribution in [0.3, 0.4) is 0 Å². The van der Waals surface area contributed by atoms with Crippen LogP contribution >= 0.6 is 11.6 Å². The van der Waals surface area contributed by atoms with Crippen LogP contribution in [-0.4, -0.2) is 66.8 Å². The summed E-state index contributed by atoms with van der Waals surface area (Å²) in [5, 5.41) is 5.61. The molecule has 3 amide bonds. The fourth-order valence-electron chi connectivity index (χ4n) is 4.92. The second kappa shape index (κ2) is 8.09. The van der Waals surface area contributed by atoms with Gasteiger partial charge in [-0.2, -0.15) is 10.1 Å². The number of halogens is 1. The Morgan fingerprint density at radius 3 is 2.52 bits per heavy atom. The molecule has 0 unspecified atom stereocenters. The standard InChI is InChI=1S/C22H22ClN3O5/c23-16-3-4-17(31-12-18(27)25-5-7-30-8-6-25)15(10-16)11-24-26-21(28)19-13-1-2-14(9-13)20(19)22(26)29/h1-4,10-11,13-14,19-20H,5-9,12H2/t13-,14-,19-,20+/m0/s1. The Balaban J connectivity index is 1.30. The van der Waals surface area contributed by atoms with Crippen LogP contribution in [0.1, 0.15) is 12.0 Å². The van der Waals surface area contributed by atoms with E-state index in [2.05, 4.69) is 5.10 Å². The highest BCUT2D eigenvalue weighted by atomic mass is 35.5. The SMILES string of the molecule is O=C(COc1ccc(Cl)cc1C=NN1C(=O)[C@@H]2[C@H](C1=O)[C@H]1C=C[C@H]2C1)N1CCOCC1. The molecule has 0 spiro atoms. The molecule has 0 N–H and O–H groups in total. The van der Waals surface area contributed by atoms with Crippen LogP contribution < -0.4 is 4.74 Å². The molecule has 2 aliphatic carbocycles. The molecule has 4 aliphatic rings. The Hall–Kier alpha value is -2.71. The summed E-state index contributed by atoms with van der Waals surface area (Å²) >= 11 is 6.12. The van der Waals surface area contributed by atoms with Crippen molar-refractivity contribution < 1.29 is 23.9 Å². The molecule has 162 valence electrons. The predicted molar refractivity (Wildman–Crippen MR) is 112 cm³/mol. The lowest BCUT2D eigenvalue weighted by Crippen LogP contribution is -2.43. The Bertz CT molecular complexity index is 957. The minimum atomic E-state index is -0.305. The highest BCUT2D eigenvalue weighted by molar-refractivity contribution is 6.31.